The summed E-state index contributed by atoms with van der Waals surface area (Å²) in [7, 11) is 4.52. The number of benzene rings is 2. The Morgan fingerprint density at radius 3 is 2.23 bits per heavy atom. The summed E-state index contributed by atoms with van der Waals surface area (Å²) in [5.74, 6) is 1.50. The summed E-state index contributed by atoms with van der Waals surface area (Å²) in [5, 5.41) is 3.11. The Morgan fingerprint density at radius 1 is 1.00 bits per heavy atom. The van der Waals surface area contributed by atoms with E-state index in [4.69, 9.17) is 14.2 Å². The van der Waals surface area contributed by atoms with Crippen LogP contribution in [0.15, 0.2) is 48.7 Å². The molecule has 0 aliphatic carbocycles. The van der Waals surface area contributed by atoms with Gasteiger partial charge in [-0.05, 0) is 24.3 Å². The molecule has 3 aromatic rings. The van der Waals surface area contributed by atoms with Crippen molar-refractivity contribution in [2.45, 2.75) is 0 Å². The number of aromatic nitrogens is 2. The van der Waals surface area contributed by atoms with Gasteiger partial charge in [0.2, 0.25) is 17.5 Å². The first kappa shape index (κ1) is 17.3. The van der Waals surface area contributed by atoms with Gasteiger partial charge in [0.1, 0.15) is 5.69 Å². The van der Waals surface area contributed by atoms with Gasteiger partial charge in [-0.3, -0.25) is 4.79 Å². The van der Waals surface area contributed by atoms with E-state index in [-0.39, 0.29) is 5.78 Å². The van der Waals surface area contributed by atoms with E-state index in [1.807, 2.05) is 30.3 Å². The van der Waals surface area contributed by atoms with Crippen LogP contribution in [0.1, 0.15) is 16.1 Å². The van der Waals surface area contributed by atoms with Gasteiger partial charge in [0.25, 0.3) is 0 Å². The van der Waals surface area contributed by atoms with Crippen molar-refractivity contribution in [2.75, 3.05) is 26.6 Å². The highest BCUT2D eigenvalue weighted by molar-refractivity contribution is 6.08. The SMILES string of the molecule is COc1cc(C(=O)c2cnc(Nc3ccccc3)[nH]2)cc(OC)c1OC. The standard InChI is InChI=1S/C19H19N3O4/c1-24-15-9-12(10-16(25-2)18(15)26-3)17(23)14-11-20-19(22-14)21-13-7-5-4-6-8-13/h4-11H,1-3H3,(H2,20,21,22). The average molecular weight is 353 g/mol. The third kappa shape index (κ3) is 3.46. The fourth-order valence-electron chi connectivity index (χ4n) is 2.53. The predicted molar refractivity (Wildman–Crippen MR) is 97.8 cm³/mol. The van der Waals surface area contributed by atoms with E-state index in [9.17, 15) is 4.79 Å². The summed E-state index contributed by atoms with van der Waals surface area (Å²) in [6.07, 6.45) is 1.48. The van der Waals surface area contributed by atoms with Gasteiger partial charge >= 0.3 is 0 Å². The zero-order valence-corrected chi connectivity index (χ0v) is 14.7. The van der Waals surface area contributed by atoms with Crippen molar-refractivity contribution >= 4 is 17.4 Å². The minimum atomic E-state index is -0.238. The highest BCUT2D eigenvalue weighted by atomic mass is 16.5. The van der Waals surface area contributed by atoms with Crippen LogP contribution in [0.4, 0.5) is 11.6 Å². The molecule has 0 aliphatic heterocycles. The minimum absolute atomic E-state index is 0.238. The predicted octanol–water partition coefficient (Wildman–Crippen LogP) is 3.41. The van der Waals surface area contributed by atoms with Gasteiger partial charge in [-0.1, -0.05) is 18.2 Å². The zero-order chi connectivity index (χ0) is 18.5. The van der Waals surface area contributed by atoms with Crippen molar-refractivity contribution in [3.8, 4) is 17.2 Å². The molecule has 0 saturated carbocycles. The number of imidazole rings is 1. The lowest BCUT2D eigenvalue weighted by atomic mass is 10.1. The number of anilines is 2. The Kier molecular flexibility index (Phi) is 5.07. The number of nitrogens with one attached hydrogen (secondary N) is 2. The number of para-hydroxylation sites is 1. The molecule has 0 fully saturated rings. The smallest absolute Gasteiger partial charge is 0.211 e. The Balaban J connectivity index is 1.88. The number of rotatable bonds is 7. The summed E-state index contributed by atoms with van der Waals surface area (Å²) in [6.45, 7) is 0. The number of carbonyl (C=O) groups is 1. The second-order valence-corrected chi connectivity index (χ2v) is 5.38. The lowest BCUT2D eigenvalue weighted by Gasteiger charge is -2.13. The topological polar surface area (TPSA) is 85.5 Å². The van der Waals surface area contributed by atoms with E-state index < -0.39 is 0 Å². The fourth-order valence-corrected chi connectivity index (χ4v) is 2.53. The molecule has 7 heteroatoms. The summed E-state index contributed by atoms with van der Waals surface area (Å²) in [5.41, 5.74) is 1.61. The lowest BCUT2D eigenvalue weighted by Crippen LogP contribution is -2.04. The third-order valence-electron chi connectivity index (χ3n) is 3.78. The number of H-pyrrole nitrogens is 1. The molecule has 7 nitrogen and oxygen atoms in total. The molecule has 0 aliphatic rings. The van der Waals surface area contributed by atoms with Crippen molar-refractivity contribution in [3.05, 3.63) is 59.9 Å². The highest BCUT2D eigenvalue weighted by Crippen LogP contribution is 2.38. The second kappa shape index (κ2) is 7.60. The van der Waals surface area contributed by atoms with E-state index in [1.54, 1.807) is 12.1 Å². The van der Waals surface area contributed by atoms with Crippen molar-refractivity contribution in [1.82, 2.24) is 9.97 Å². The van der Waals surface area contributed by atoms with E-state index in [2.05, 4.69) is 15.3 Å². The van der Waals surface area contributed by atoms with E-state index in [0.717, 1.165) is 5.69 Å². The van der Waals surface area contributed by atoms with Crippen LogP contribution in [0.3, 0.4) is 0 Å². The van der Waals surface area contributed by atoms with Crippen LogP contribution in [0.25, 0.3) is 0 Å². The van der Waals surface area contributed by atoms with E-state index in [0.29, 0.717) is 34.5 Å². The van der Waals surface area contributed by atoms with Gasteiger partial charge in [0, 0.05) is 11.3 Å². The first-order chi connectivity index (χ1) is 12.7. The molecule has 1 aromatic heterocycles. The molecule has 134 valence electrons. The quantitative estimate of drug-likeness (QED) is 0.633. The van der Waals surface area contributed by atoms with Gasteiger partial charge in [-0.15, -0.1) is 0 Å². The zero-order valence-electron chi connectivity index (χ0n) is 14.7. The molecular weight excluding hydrogens is 334 g/mol. The fraction of sp³-hybridized carbons (Fsp3) is 0.158. The second-order valence-electron chi connectivity index (χ2n) is 5.38. The van der Waals surface area contributed by atoms with Gasteiger partial charge in [-0.25, -0.2) is 4.98 Å². The van der Waals surface area contributed by atoms with Crippen LogP contribution in [0, 0.1) is 0 Å². The maximum atomic E-state index is 12.8. The maximum Gasteiger partial charge on any atom is 0.211 e. The molecule has 2 aromatic carbocycles. The van der Waals surface area contributed by atoms with Crippen LogP contribution in [-0.4, -0.2) is 37.1 Å². The first-order valence-corrected chi connectivity index (χ1v) is 7.88. The summed E-state index contributed by atoms with van der Waals surface area (Å²) < 4.78 is 15.9. The Labute approximate surface area is 150 Å². The van der Waals surface area contributed by atoms with Gasteiger partial charge < -0.3 is 24.5 Å². The number of hydrogen-bond donors (Lipinski definition) is 2. The number of nitrogens with zero attached hydrogens (tertiary/aromatic N) is 1. The van der Waals surface area contributed by atoms with Crippen LogP contribution in [-0.2, 0) is 0 Å². The van der Waals surface area contributed by atoms with Gasteiger partial charge in [0.15, 0.2) is 11.5 Å². The van der Waals surface area contributed by atoms with Crippen molar-refractivity contribution in [2.24, 2.45) is 0 Å². The van der Waals surface area contributed by atoms with Crippen molar-refractivity contribution < 1.29 is 19.0 Å². The normalized spacial score (nSPS) is 10.3. The lowest BCUT2D eigenvalue weighted by molar-refractivity contribution is 0.103. The summed E-state index contributed by atoms with van der Waals surface area (Å²) >= 11 is 0. The van der Waals surface area contributed by atoms with Crippen molar-refractivity contribution in [3.63, 3.8) is 0 Å². The number of aromatic amines is 1. The van der Waals surface area contributed by atoms with Crippen LogP contribution in [0.5, 0.6) is 17.2 Å². The van der Waals surface area contributed by atoms with Crippen molar-refractivity contribution in [1.29, 1.82) is 0 Å². The molecule has 1 heterocycles. The van der Waals surface area contributed by atoms with Crippen LogP contribution < -0.4 is 19.5 Å². The number of carbonyl (C=O) groups excluding carboxylic acids is 1. The molecule has 3 rings (SSSR count). The molecule has 0 unspecified atom stereocenters. The Bertz CT molecular complexity index is 881. The number of ether oxygens (including phenoxy) is 3. The Hall–Kier alpha value is -3.48. The molecule has 0 saturated heterocycles. The minimum Gasteiger partial charge on any atom is -0.493 e. The van der Waals surface area contributed by atoms with Gasteiger partial charge in [0.05, 0.1) is 27.5 Å². The molecule has 0 amide bonds. The summed E-state index contributed by atoms with van der Waals surface area (Å²) in [6, 6.07) is 12.8. The van der Waals surface area contributed by atoms with Crippen LogP contribution in [0.2, 0.25) is 0 Å². The molecule has 0 spiro atoms. The number of hydrogen-bond acceptors (Lipinski definition) is 6. The largest absolute Gasteiger partial charge is 0.493 e. The van der Waals surface area contributed by atoms with Crippen LogP contribution >= 0.6 is 0 Å². The Morgan fingerprint density at radius 2 is 1.65 bits per heavy atom. The van der Waals surface area contributed by atoms with Gasteiger partial charge in [-0.2, -0.15) is 0 Å². The van der Waals surface area contributed by atoms with E-state index >= 15 is 0 Å². The number of methoxy groups -OCH3 is 3. The highest BCUT2D eigenvalue weighted by Gasteiger charge is 2.19. The monoisotopic (exact) mass is 353 g/mol. The molecular formula is C19H19N3O4. The third-order valence-corrected chi connectivity index (χ3v) is 3.78. The molecule has 0 bridgehead atoms. The average Bonchev–Trinajstić information content (AvgIpc) is 3.15. The molecule has 2 N–H and O–H groups in total. The maximum absolute atomic E-state index is 12.8. The molecule has 26 heavy (non-hydrogen) atoms. The molecule has 0 atom stereocenters. The summed E-state index contributed by atoms with van der Waals surface area (Å²) in [4.78, 5) is 20.0. The molecule has 0 radical (unpaired) electrons. The number of ketones is 1. The van der Waals surface area contributed by atoms with E-state index in [1.165, 1.54) is 27.5 Å². The first-order valence-electron chi connectivity index (χ1n) is 7.88.